The van der Waals surface area contributed by atoms with E-state index < -0.39 is 0 Å². The molecule has 0 bridgehead atoms. The Kier molecular flexibility index (Phi) is 4.18. The van der Waals surface area contributed by atoms with Crippen LogP contribution >= 0.6 is 11.3 Å². The van der Waals surface area contributed by atoms with E-state index in [2.05, 4.69) is 56.0 Å². The summed E-state index contributed by atoms with van der Waals surface area (Å²) in [7, 11) is 0. The summed E-state index contributed by atoms with van der Waals surface area (Å²) < 4.78 is 1.68. The molecule has 2 heterocycles. The number of hydrogen-bond acceptors (Lipinski definition) is 4. The zero-order valence-electron chi connectivity index (χ0n) is 13.9. The summed E-state index contributed by atoms with van der Waals surface area (Å²) in [4.78, 5) is 5.43. The molecule has 0 radical (unpaired) electrons. The third-order valence-electron chi connectivity index (χ3n) is 3.69. The summed E-state index contributed by atoms with van der Waals surface area (Å²) >= 11 is 1.55. The van der Waals surface area contributed by atoms with Crippen LogP contribution in [0.5, 0.6) is 0 Å². The smallest absolute Gasteiger partial charge is 0.214 e. The van der Waals surface area contributed by atoms with Crippen LogP contribution in [0, 0.1) is 17.2 Å². The molecule has 3 aromatic rings. The van der Waals surface area contributed by atoms with Gasteiger partial charge < -0.3 is 0 Å². The summed E-state index contributed by atoms with van der Waals surface area (Å²) in [6.45, 7) is 8.61. The van der Waals surface area contributed by atoms with E-state index in [1.54, 1.807) is 15.9 Å². The molecule has 0 fully saturated rings. The van der Waals surface area contributed by atoms with Gasteiger partial charge in [0.25, 0.3) is 0 Å². The van der Waals surface area contributed by atoms with Gasteiger partial charge in [0.05, 0.1) is 0 Å². The fraction of sp³-hybridized carbons (Fsp3) is 0.389. The first kappa shape index (κ1) is 15.7. The number of nitrogens with zero attached hydrogens (tertiary/aromatic N) is 4. The van der Waals surface area contributed by atoms with Crippen molar-refractivity contribution < 1.29 is 0 Å². The van der Waals surface area contributed by atoms with Crippen molar-refractivity contribution >= 4 is 16.3 Å². The lowest BCUT2D eigenvalue weighted by Gasteiger charge is -2.05. The van der Waals surface area contributed by atoms with Gasteiger partial charge in [0.2, 0.25) is 4.96 Å². The zero-order chi connectivity index (χ0) is 16.6. The Bertz CT molecular complexity index is 863. The van der Waals surface area contributed by atoms with E-state index in [0.29, 0.717) is 17.5 Å². The summed E-state index contributed by atoms with van der Waals surface area (Å²) in [6.07, 6.45) is 1.06. The molecule has 0 aliphatic carbocycles. The van der Waals surface area contributed by atoms with Crippen molar-refractivity contribution in [2.24, 2.45) is 5.92 Å². The van der Waals surface area contributed by atoms with Crippen LogP contribution in [0.3, 0.4) is 0 Å². The van der Waals surface area contributed by atoms with Crippen LogP contribution in [-0.2, 0) is 6.42 Å². The third kappa shape index (κ3) is 2.99. The molecule has 0 aliphatic rings. The zero-order valence-corrected chi connectivity index (χ0v) is 14.7. The summed E-state index contributed by atoms with van der Waals surface area (Å²) in [5.74, 6) is 0.971. The van der Waals surface area contributed by atoms with Gasteiger partial charge in [-0.05, 0) is 17.9 Å². The first-order valence-corrected chi connectivity index (χ1v) is 8.70. The van der Waals surface area contributed by atoms with Gasteiger partial charge in [-0.25, -0.2) is 4.98 Å². The molecule has 0 aliphatic heterocycles. The Morgan fingerprint density at radius 2 is 1.87 bits per heavy atom. The van der Waals surface area contributed by atoms with Crippen LogP contribution in [0.15, 0.2) is 24.3 Å². The lowest BCUT2D eigenvalue weighted by molar-refractivity contribution is 0.647. The van der Waals surface area contributed by atoms with Crippen molar-refractivity contribution in [3.05, 3.63) is 40.5 Å². The number of hydrogen-bond donors (Lipinski definition) is 0. The maximum Gasteiger partial charge on any atom is 0.214 e. The maximum absolute atomic E-state index is 9.54. The van der Waals surface area contributed by atoms with Gasteiger partial charge in [0, 0.05) is 11.5 Å². The van der Waals surface area contributed by atoms with Gasteiger partial charge in [-0.1, -0.05) is 63.3 Å². The van der Waals surface area contributed by atoms with Crippen molar-refractivity contribution in [1.82, 2.24) is 14.6 Å². The molecule has 0 amide bonds. The topological polar surface area (TPSA) is 54.0 Å². The normalized spacial score (nSPS) is 11.5. The molecule has 5 heteroatoms. The van der Waals surface area contributed by atoms with Gasteiger partial charge in [-0.15, -0.1) is 0 Å². The van der Waals surface area contributed by atoms with E-state index in [1.807, 2.05) is 12.1 Å². The van der Waals surface area contributed by atoms with Crippen LogP contribution in [0.2, 0.25) is 0 Å². The lowest BCUT2D eigenvalue weighted by atomic mass is 10.0. The highest BCUT2D eigenvalue weighted by Crippen LogP contribution is 2.29. The van der Waals surface area contributed by atoms with Crippen molar-refractivity contribution in [3.8, 4) is 17.3 Å². The molecule has 3 rings (SSSR count). The van der Waals surface area contributed by atoms with E-state index in [4.69, 9.17) is 0 Å². The molecule has 0 saturated heterocycles. The van der Waals surface area contributed by atoms with Crippen LogP contribution in [-0.4, -0.2) is 14.6 Å². The SMILES string of the molecule is CC(C)Cc1ccc(-c2nc3sc(C(C)C)nn3c2C#N)cc1. The molecule has 118 valence electrons. The third-order valence-corrected chi connectivity index (χ3v) is 4.90. The van der Waals surface area contributed by atoms with Crippen LogP contribution in [0.4, 0.5) is 0 Å². The van der Waals surface area contributed by atoms with Gasteiger partial charge in [-0.3, -0.25) is 0 Å². The minimum Gasteiger partial charge on any atom is -0.216 e. The fourth-order valence-corrected chi connectivity index (χ4v) is 3.47. The molecular formula is C18H20N4S. The second-order valence-electron chi connectivity index (χ2n) is 6.51. The molecular weight excluding hydrogens is 304 g/mol. The number of aromatic nitrogens is 3. The minimum absolute atomic E-state index is 0.340. The highest BCUT2D eigenvalue weighted by Gasteiger charge is 2.18. The average molecular weight is 324 g/mol. The summed E-state index contributed by atoms with van der Waals surface area (Å²) in [5.41, 5.74) is 3.51. The molecule has 1 aromatic carbocycles. The number of fused-ring (bicyclic) bond motifs is 1. The standard InChI is InChI=1S/C18H20N4S/c1-11(2)9-13-5-7-14(8-6-13)16-15(10-19)22-18(20-16)23-17(21-22)12(3)4/h5-8,11-12H,9H2,1-4H3. The van der Waals surface area contributed by atoms with Gasteiger partial charge in [-0.2, -0.15) is 14.9 Å². The summed E-state index contributed by atoms with van der Waals surface area (Å²) in [5, 5.41) is 15.1. The fourth-order valence-electron chi connectivity index (χ4n) is 2.57. The highest BCUT2D eigenvalue weighted by molar-refractivity contribution is 7.16. The second kappa shape index (κ2) is 6.13. The maximum atomic E-state index is 9.54. The van der Waals surface area contributed by atoms with E-state index in [1.165, 1.54) is 5.56 Å². The lowest BCUT2D eigenvalue weighted by Crippen LogP contribution is -1.95. The predicted molar refractivity (Wildman–Crippen MR) is 93.6 cm³/mol. The largest absolute Gasteiger partial charge is 0.216 e. The number of nitriles is 1. The van der Waals surface area contributed by atoms with Crippen LogP contribution < -0.4 is 0 Å². The van der Waals surface area contributed by atoms with Crippen molar-refractivity contribution in [2.45, 2.75) is 40.0 Å². The predicted octanol–water partition coefficient (Wildman–Crippen LogP) is 4.65. The molecule has 0 spiro atoms. The monoisotopic (exact) mass is 324 g/mol. The van der Waals surface area contributed by atoms with Gasteiger partial charge in [0.15, 0.2) is 5.69 Å². The molecule has 4 nitrogen and oxygen atoms in total. The van der Waals surface area contributed by atoms with E-state index in [0.717, 1.165) is 27.6 Å². The van der Waals surface area contributed by atoms with Crippen molar-refractivity contribution in [3.63, 3.8) is 0 Å². The van der Waals surface area contributed by atoms with E-state index >= 15 is 0 Å². The first-order chi connectivity index (χ1) is 11.0. The van der Waals surface area contributed by atoms with Crippen molar-refractivity contribution in [1.29, 1.82) is 5.26 Å². The highest BCUT2D eigenvalue weighted by atomic mass is 32.1. The Hall–Kier alpha value is -2.19. The molecule has 2 aromatic heterocycles. The van der Waals surface area contributed by atoms with Gasteiger partial charge >= 0.3 is 0 Å². The Morgan fingerprint density at radius 3 is 2.43 bits per heavy atom. The average Bonchev–Trinajstić information content (AvgIpc) is 3.04. The number of imidazole rings is 1. The quantitative estimate of drug-likeness (QED) is 0.702. The molecule has 0 unspecified atom stereocenters. The number of rotatable bonds is 4. The molecule has 0 saturated carbocycles. The van der Waals surface area contributed by atoms with Gasteiger partial charge in [0.1, 0.15) is 16.8 Å². The Balaban J connectivity index is 2.02. The Labute approximate surface area is 140 Å². The first-order valence-electron chi connectivity index (χ1n) is 7.88. The van der Waals surface area contributed by atoms with Crippen molar-refractivity contribution in [2.75, 3.05) is 0 Å². The molecule has 0 N–H and O–H groups in total. The minimum atomic E-state index is 0.340. The second-order valence-corrected chi connectivity index (χ2v) is 7.49. The van der Waals surface area contributed by atoms with Crippen LogP contribution in [0.25, 0.3) is 16.2 Å². The Morgan fingerprint density at radius 1 is 1.17 bits per heavy atom. The summed E-state index contributed by atoms with van der Waals surface area (Å²) in [6, 6.07) is 10.6. The number of benzene rings is 1. The van der Waals surface area contributed by atoms with E-state index in [-0.39, 0.29) is 0 Å². The van der Waals surface area contributed by atoms with Crippen LogP contribution in [0.1, 0.15) is 49.9 Å². The molecule has 23 heavy (non-hydrogen) atoms. The molecule has 0 atom stereocenters. The van der Waals surface area contributed by atoms with E-state index in [9.17, 15) is 5.26 Å².